The highest BCUT2D eigenvalue weighted by atomic mass is 16.3. The average Bonchev–Trinajstić information content (AvgIpc) is 2.45. The van der Waals surface area contributed by atoms with Crippen molar-refractivity contribution in [1.82, 2.24) is 10.3 Å². The summed E-state index contributed by atoms with van der Waals surface area (Å²) < 4.78 is 0. The number of amides is 1. The molecule has 0 radical (unpaired) electrons. The first-order chi connectivity index (χ1) is 9.22. The topological polar surface area (TPSA) is 82.2 Å². The quantitative estimate of drug-likeness (QED) is 0.757. The Morgan fingerprint density at radius 1 is 1.16 bits per heavy atom. The monoisotopic (exact) mass is 258 g/mol. The summed E-state index contributed by atoms with van der Waals surface area (Å²) in [5.41, 5.74) is 1.12. The van der Waals surface area contributed by atoms with Crippen molar-refractivity contribution in [2.75, 3.05) is 13.2 Å². The van der Waals surface area contributed by atoms with Crippen LogP contribution >= 0.6 is 0 Å². The summed E-state index contributed by atoms with van der Waals surface area (Å²) >= 11 is 0. The molecule has 0 fully saturated rings. The first-order valence-electron chi connectivity index (χ1n) is 5.90. The molecule has 0 saturated heterocycles. The maximum atomic E-state index is 11.8. The molecule has 0 saturated carbocycles. The molecule has 0 atom stereocenters. The third kappa shape index (κ3) is 3.08. The molecule has 98 valence electrons. The normalized spacial score (nSPS) is 10.2. The van der Waals surface area contributed by atoms with Crippen molar-refractivity contribution in [3.63, 3.8) is 0 Å². The fourth-order valence-electron chi connectivity index (χ4n) is 1.70. The Balaban J connectivity index is 2.28. The van der Waals surface area contributed by atoms with Crippen molar-refractivity contribution in [1.29, 1.82) is 0 Å². The van der Waals surface area contributed by atoms with Gasteiger partial charge >= 0.3 is 0 Å². The van der Waals surface area contributed by atoms with E-state index in [2.05, 4.69) is 10.3 Å². The molecule has 0 aliphatic carbocycles. The number of H-pyrrole nitrogens is 1. The van der Waals surface area contributed by atoms with Gasteiger partial charge in [-0.25, -0.2) is 0 Å². The van der Waals surface area contributed by atoms with Crippen LogP contribution in [-0.2, 0) is 0 Å². The Morgan fingerprint density at radius 2 is 1.89 bits per heavy atom. The fraction of sp³-hybridized carbons (Fsp3) is 0.143. The number of hydrogen-bond donors (Lipinski definition) is 3. The average molecular weight is 258 g/mol. The smallest absolute Gasteiger partial charge is 0.261 e. The second-order valence-corrected chi connectivity index (χ2v) is 3.96. The molecular formula is C14H14N2O3. The number of benzene rings is 1. The molecule has 1 aromatic heterocycles. The molecule has 19 heavy (non-hydrogen) atoms. The Morgan fingerprint density at radius 3 is 2.53 bits per heavy atom. The number of rotatable bonds is 4. The van der Waals surface area contributed by atoms with E-state index < -0.39 is 11.5 Å². The van der Waals surface area contributed by atoms with Gasteiger partial charge in [0.1, 0.15) is 5.56 Å². The molecule has 0 unspecified atom stereocenters. The van der Waals surface area contributed by atoms with Crippen LogP contribution in [0.4, 0.5) is 0 Å². The summed E-state index contributed by atoms with van der Waals surface area (Å²) in [6.07, 6.45) is 0. The van der Waals surface area contributed by atoms with E-state index in [1.165, 1.54) is 6.07 Å². The van der Waals surface area contributed by atoms with Crippen LogP contribution < -0.4 is 10.9 Å². The van der Waals surface area contributed by atoms with Crippen LogP contribution in [0.5, 0.6) is 0 Å². The van der Waals surface area contributed by atoms with Crippen LogP contribution in [0.2, 0.25) is 0 Å². The molecule has 0 spiro atoms. The zero-order chi connectivity index (χ0) is 13.7. The highest BCUT2D eigenvalue weighted by molar-refractivity contribution is 5.94. The minimum Gasteiger partial charge on any atom is -0.395 e. The van der Waals surface area contributed by atoms with Gasteiger partial charge < -0.3 is 15.4 Å². The van der Waals surface area contributed by atoms with Crippen molar-refractivity contribution < 1.29 is 9.90 Å². The molecule has 5 heteroatoms. The summed E-state index contributed by atoms with van der Waals surface area (Å²) in [4.78, 5) is 26.1. The van der Waals surface area contributed by atoms with E-state index in [9.17, 15) is 9.59 Å². The van der Waals surface area contributed by atoms with Gasteiger partial charge in [-0.15, -0.1) is 0 Å². The molecule has 3 N–H and O–H groups in total. The predicted molar refractivity (Wildman–Crippen MR) is 71.9 cm³/mol. The Labute approximate surface area is 109 Å². The zero-order valence-electron chi connectivity index (χ0n) is 10.2. The Bertz CT molecular complexity index is 620. The lowest BCUT2D eigenvalue weighted by Gasteiger charge is -2.05. The minimum absolute atomic E-state index is 0.0353. The van der Waals surface area contributed by atoms with Crippen LogP contribution in [0.1, 0.15) is 10.4 Å². The van der Waals surface area contributed by atoms with Crippen molar-refractivity contribution in [2.45, 2.75) is 0 Å². The number of hydrogen-bond acceptors (Lipinski definition) is 3. The maximum absolute atomic E-state index is 11.8. The molecule has 5 nitrogen and oxygen atoms in total. The van der Waals surface area contributed by atoms with E-state index in [4.69, 9.17) is 5.11 Å². The van der Waals surface area contributed by atoms with Crippen molar-refractivity contribution in [3.8, 4) is 11.3 Å². The fourth-order valence-corrected chi connectivity index (χ4v) is 1.70. The van der Waals surface area contributed by atoms with Crippen LogP contribution in [-0.4, -0.2) is 29.1 Å². The van der Waals surface area contributed by atoms with Gasteiger partial charge in [0.05, 0.1) is 6.61 Å². The van der Waals surface area contributed by atoms with Gasteiger partial charge in [0.25, 0.3) is 11.5 Å². The Kier molecular flexibility index (Phi) is 4.10. The van der Waals surface area contributed by atoms with Gasteiger partial charge in [0.15, 0.2) is 0 Å². The summed E-state index contributed by atoms with van der Waals surface area (Å²) in [5, 5.41) is 11.1. The lowest BCUT2D eigenvalue weighted by molar-refractivity contribution is 0.0943. The van der Waals surface area contributed by atoms with E-state index in [-0.39, 0.29) is 18.7 Å². The summed E-state index contributed by atoms with van der Waals surface area (Å²) in [7, 11) is 0. The molecule has 0 aliphatic rings. The predicted octanol–water partition coefficient (Wildman–Crippen LogP) is 0.764. The first-order valence-corrected chi connectivity index (χ1v) is 5.90. The minimum atomic E-state index is -0.491. The number of carbonyl (C=O) groups excluding carboxylic acids is 1. The first kappa shape index (κ1) is 13.0. The molecule has 0 bridgehead atoms. The van der Waals surface area contributed by atoms with Crippen molar-refractivity contribution >= 4 is 5.91 Å². The number of pyridine rings is 1. The molecule has 0 aliphatic heterocycles. The highest BCUT2D eigenvalue weighted by Crippen LogP contribution is 2.14. The third-order valence-corrected chi connectivity index (χ3v) is 2.64. The molecule has 2 aromatic rings. The van der Waals surface area contributed by atoms with Crippen LogP contribution in [0, 0.1) is 0 Å². The highest BCUT2D eigenvalue weighted by Gasteiger charge is 2.10. The zero-order valence-corrected chi connectivity index (χ0v) is 10.2. The molecule has 2 rings (SSSR count). The van der Waals surface area contributed by atoms with E-state index in [1.807, 2.05) is 30.3 Å². The number of aromatic amines is 1. The lowest BCUT2D eigenvalue weighted by Crippen LogP contribution is -2.31. The van der Waals surface area contributed by atoms with Gasteiger partial charge in [-0.1, -0.05) is 30.3 Å². The number of carbonyl (C=O) groups is 1. The van der Waals surface area contributed by atoms with Crippen LogP contribution in [0.3, 0.4) is 0 Å². The number of nitrogens with one attached hydrogen (secondary N) is 2. The molecule has 1 aromatic carbocycles. The molecule has 1 heterocycles. The number of aliphatic hydroxyl groups excluding tert-OH is 1. The molecular weight excluding hydrogens is 244 g/mol. The third-order valence-electron chi connectivity index (χ3n) is 2.64. The van der Waals surface area contributed by atoms with Gasteiger partial charge in [-0.3, -0.25) is 9.59 Å². The largest absolute Gasteiger partial charge is 0.395 e. The number of aliphatic hydroxyl groups is 1. The molecule has 1 amide bonds. The van der Waals surface area contributed by atoms with Gasteiger partial charge in [-0.05, 0) is 17.7 Å². The summed E-state index contributed by atoms with van der Waals surface area (Å²) in [5.74, 6) is -0.491. The summed E-state index contributed by atoms with van der Waals surface area (Å²) in [6, 6.07) is 12.5. The Hall–Kier alpha value is -2.40. The maximum Gasteiger partial charge on any atom is 0.261 e. The van der Waals surface area contributed by atoms with E-state index in [1.54, 1.807) is 6.07 Å². The van der Waals surface area contributed by atoms with E-state index in [0.717, 1.165) is 5.56 Å². The number of aromatic nitrogens is 1. The SMILES string of the molecule is O=C(NCCO)c1ccc(-c2ccccc2)[nH]c1=O. The summed E-state index contributed by atoms with van der Waals surface area (Å²) in [6.45, 7) is -0.0372. The standard InChI is InChI=1S/C14H14N2O3/c17-9-8-15-13(18)11-6-7-12(16-14(11)19)10-4-2-1-3-5-10/h1-7,17H,8-9H2,(H,15,18)(H,16,19). The van der Waals surface area contributed by atoms with Gasteiger partial charge in [0, 0.05) is 12.2 Å². The van der Waals surface area contributed by atoms with Crippen molar-refractivity contribution in [3.05, 3.63) is 58.4 Å². The second-order valence-electron chi connectivity index (χ2n) is 3.96. The lowest BCUT2D eigenvalue weighted by atomic mass is 10.1. The second kappa shape index (κ2) is 5.97. The van der Waals surface area contributed by atoms with Crippen LogP contribution in [0.25, 0.3) is 11.3 Å². The van der Waals surface area contributed by atoms with E-state index in [0.29, 0.717) is 5.69 Å². The van der Waals surface area contributed by atoms with E-state index >= 15 is 0 Å². The van der Waals surface area contributed by atoms with Crippen LogP contribution in [0.15, 0.2) is 47.3 Å². The van der Waals surface area contributed by atoms with Gasteiger partial charge in [0.2, 0.25) is 0 Å². The van der Waals surface area contributed by atoms with Gasteiger partial charge in [-0.2, -0.15) is 0 Å². The van der Waals surface area contributed by atoms with Crippen molar-refractivity contribution in [2.24, 2.45) is 0 Å².